The van der Waals surface area contributed by atoms with Crippen LogP contribution in [-0.2, 0) is 11.2 Å². The molecule has 0 aromatic heterocycles. The van der Waals surface area contributed by atoms with E-state index in [1.807, 2.05) is 52.0 Å². The van der Waals surface area contributed by atoms with Gasteiger partial charge in [-0.3, -0.25) is 4.79 Å². The maximum Gasteiger partial charge on any atom is 0.166 e. The molecule has 0 heterocycles. The molecule has 1 aromatic rings. The first-order valence-corrected chi connectivity index (χ1v) is 5.57. The zero-order chi connectivity index (χ0) is 12.3. The van der Waals surface area contributed by atoms with Crippen LogP contribution in [0.4, 0.5) is 0 Å². The predicted octanol–water partition coefficient (Wildman–Crippen LogP) is 2.51. The van der Waals surface area contributed by atoms with Crippen molar-refractivity contribution in [2.75, 3.05) is 0 Å². The summed E-state index contributed by atoms with van der Waals surface area (Å²) < 4.78 is 0. The standard InChI is InChI=1S/C14H20O2/c1-10-5-7-11(8-6-10)9-12(15)13(16)14(2,3)4/h5-8,13,16H,9H2,1-4H3. The molecule has 1 N–H and O–H groups in total. The molecule has 1 atom stereocenters. The van der Waals surface area contributed by atoms with Gasteiger partial charge in [0.2, 0.25) is 0 Å². The lowest BCUT2D eigenvalue weighted by Gasteiger charge is -2.24. The van der Waals surface area contributed by atoms with Crippen molar-refractivity contribution >= 4 is 5.78 Å². The average Bonchev–Trinajstić information content (AvgIpc) is 2.19. The zero-order valence-corrected chi connectivity index (χ0v) is 10.4. The van der Waals surface area contributed by atoms with E-state index in [9.17, 15) is 9.90 Å². The van der Waals surface area contributed by atoms with E-state index in [4.69, 9.17) is 0 Å². The molecule has 88 valence electrons. The number of aliphatic hydroxyl groups is 1. The van der Waals surface area contributed by atoms with E-state index in [2.05, 4.69) is 0 Å². The van der Waals surface area contributed by atoms with Gasteiger partial charge in [0.25, 0.3) is 0 Å². The smallest absolute Gasteiger partial charge is 0.166 e. The minimum Gasteiger partial charge on any atom is -0.385 e. The molecule has 0 aliphatic carbocycles. The number of ketones is 1. The van der Waals surface area contributed by atoms with Gasteiger partial charge in [-0.2, -0.15) is 0 Å². The minimum absolute atomic E-state index is 0.114. The highest BCUT2D eigenvalue weighted by atomic mass is 16.3. The molecule has 0 saturated heterocycles. The number of aliphatic hydroxyl groups excluding tert-OH is 1. The van der Waals surface area contributed by atoms with E-state index < -0.39 is 6.10 Å². The summed E-state index contributed by atoms with van der Waals surface area (Å²) in [7, 11) is 0. The second kappa shape index (κ2) is 4.79. The first-order chi connectivity index (χ1) is 7.30. The molecule has 0 radical (unpaired) electrons. The molecule has 1 unspecified atom stereocenters. The van der Waals surface area contributed by atoms with Crippen LogP contribution >= 0.6 is 0 Å². The Bertz CT molecular complexity index is 357. The Morgan fingerprint density at radius 1 is 1.25 bits per heavy atom. The zero-order valence-electron chi connectivity index (χ0n) is 10.4. The summed E-state index contributed by atoms with van der Waals surface area (Å²) in [6.07, 6.45) is -0.590. The van der Waals surface area contributed by atoms with Crippen LogP contribution in [0, 0.1) is 12.3 Å². The van der Waals surface area contributed by atoms with Crippen molar-refractivity contribution in [3.05, 3.63) is 35.4 Å². The number of carbonyl (C=O) groups is 1. The molecule has 2 heteroatoms. The molecule has 0 aliphatic heterocycles. The van der Waals surface area contributed by atoms with Crippen molar-refractivity contribution in [3.63, 3.8) is 0 Å². The molecule has 0 bridgehead atoms. The molecule has 0 amide bonds. The highest BCUT2D eigenvalue weighted by Crippen LogP contribution is 2.21. The maximum atomic E-state index is 11.8. The monoisotopic (exact) mass is 220 g/mol. The fourth-order valence-corrected chi connectivity index (χ4v) is 1.49. The lowest BCUT2D eigenvalue weighted by atomic mass is 9.85. The lowest BCUT2D eigenvalue weighted by molar-refractivity contribution is -0.131. The Labute approximate surface area is 97.3 Å². The van der Waals surface area contributed by atoms with Crippen LogP contribution in [0.15, 0.2) is 24.3 Å². The first kappa shape index (κ1) is 12.9. The van der Waals surface area contributed by atoms with Crippen LogP contribution < -0.4 is 0 Å². The van der Waals surface area contributed by atoms with Gasteiger partial charge in [-0.25, -0.2) is 0 Å². The SMILES string of the molecule is Cc1ccc(CC(=O)C(O)C(C)(C)C)cc1. The van der Waals surface area contributed by atoms with Crippen LogP contribution in [0.3, 0.4) is 0 Å². The largest absolute Gasteiger partial charge is 0.385 e. The Morgan fingerprint density at radius 3 is 2.19 bits per heavy atom. The van der Waals surface area contributed by atoms with Crippen LogP contribution in [0.2, 0.25) is 0 Å². The summed E-state index contributed by atoms with van der Waals surface area (Å²) >= 11 is 0. The summed E-state index contributed by atoms with van der Waals surface area (Å²) in [5, 5.41) is 9.82. The number of Topliss-reactive ketones (excluding diaryl/α,β-unsaturated/α-hetero) is 1. The summed E-state index contributed by atoms with van der Waals surface area (Å²) in [5.74, 6) is -0.114. The van der Waals surface area contributed by atoms with Gasteiger partial charge in [0.15, 0.2) is 5.78 Å². The number of rotatable bonds is 3. The molecule has 2 nitrogen and oxygen atoms in total. The quantitative estimate of drug-likeness (QED) is 0.849. The van der Waals surface area contributed by atoms with E-state index in [0.29, 0.717) is 6.42 Å². The van der Waals surface area contributed by atoms with Gasteiger partial charge in [-0.05, 0) is 17.9 Å². The Morgan fingerprint density at radius 2 is 1.75 bits per heavy atom. The number of aryl methyl sites for hydroxylation is 1. The van der Waals surface area contributed by atoms with Gasteiger partial charge in [0, 0.05) is 6.42 Å². The third kappa shape index (κ3) is 3.46. The van der Waals surface area contributed by atoms with Crippen molar-refractivity contribution in [1.29, 1.82) is 0 Å². The minimum atomic E-state index is -0.895. The van der Waals surface area contributed by atoms with Crippen LogP contribution in [0.5, 0.6) is 0 Å². The van der Waals surface area contributed by atoms with E-state index in [-0.39, 0.29) is 11.2 Å². The Balaban J connectivity index is 2.68. The highest BCUT2D eigenvalue weighted by molar-refractivity contribution is 5.85. The van der Waals surface area contributed by atoms with Gasteiger partial charge < -0.3 is 5.11 Å². The van der Waals surface area contributed by atoms with Gasteiger partial charge in [0.1, 0.15) is 6.10 Å². The van der Waals surface area contributed by atoms with Crippen molar-refractivity contribution in [2.24, 2.45) is 5.41 Å². The third-order valence-electron chi connectivity index (χ3n) is 2.62. The average molecular weight is 220 g/mol. The molecule has 0 saturated carbocycles. The van der Waals surface area contributed by atoms with Crippen LogP contribution in [0.25, 0.3) is 0 Å². The van der Waals surface area contributed by atoms with Crippen molar-refractivity contribution in [3.8, 4) is 0 Å². The third-order valence-corrected chi connectivity index (χ3v) is 2.62. The van der Waals surface area contributed by atoms with Gasteiger partial charge in [-0.15, -0.1) is 0 Å². The summed E-state index contributed by atoms with van der Waals surface area (Å²) in [6, 6.07) is 7.82. The van der Waals surface area contributed by atoms with E-state index in [0.717, 1.165) is 5.56 Å². The van der Waals surface area contributed by atoms with Gasteiger partial charge >= 0.3 is 0 Å². The normalized spacial score (nSPS) is 13.6. The van der Waals surface area contributed by atoms with Crippen molar-refractivity contribution in [2.45, 2.75) is 40.2 Å². The number of hydrogen-bond donors (Lipinski definition) is 1. The number of benzene rings is 1. The second-order valence-electron chi connectivity index (χ2n) is 5.40. The lowest BCUT2D eigenvalue weighted by Crippen LogP contribution is -2.35. The maximum absolute atomic E-state index is 11.8. The fourth-order valence-electron chi connectivity index (χ4n) is 1.49. The Hall–Kier alpha value is -1.15. The van der Waals surface area contributed by atoms with Gasteiger partial charge in [0.05, 0.1) is 0 Å². The molecule has 1 aromatic carbocycles. The summed E-state index contributed by atoms with van der Waals surface area (Å²) in [5.41, 5.74) is 1.74. The highest BCUT2D eigenvalue weighted by Gasteiger charge is 2.28. The predicted molar refractivity (Wildman–Crippen MR) is 65.4 cm³/mol. The van der Waals surface area contributed by atoms with Gasteiger partial charge in [-0.1, -0.05) is 50.6 Å². The molecule has 1 rings (SSSR count). The molecule has 16 heavy (non-hydrogen) atoms. The van der Waals surface area contributed by atoms with E-state index >= 15 is 0 Å². The topological polar surface area (TPSA) is 37.3 Å². The number of carbonyl (C=O) groups excluding carboxylic acids is 1. The molecular weight excluding hydrogens is 200 g/mol. The van der Waals surface area contributed by atoms with E-state index in [1.54, 1.807) is 0 Å². The fraction of sp³-hybridized carbons (Fsp3) is 0.500. The van der Waals surface area contributed by atoms with Crippen LogP contribution in [-0.4, -0.2) is 17.0 Å². The van der Waals surface area contributed by atoms with Crippen molar-refractivity contribution < 1.29 is 9.90 Å². The molecule has 0 spiro atoms. The summed E-state index contributed by atoms with van der Waals surface area (Å²) in [4.78, 5) is 11.8. The summed E-state index contributed by atoms with van der Waals surface area (Å²) in [6.45, 7) is 7.61. The van der Waals surface area contributed by atoms with Crippen LogP contribution in [0.1, 0.15) is 31.9 Å². The molecular formula is C14H20O2. The van der Waals surface area contributed by atoms with Crippen molar-refractivity contribution in [1.82, 2.24) is 0 Å². The Kier molecular flexibility index (Phi) is 3.87. The number of hydrogen-bond acceptors (Lipinski definition) is 2. The molecule has 0 aliphatic rings. The first-order valence-electron chi connectivity index (χ1n) is 5.57. The molecule has 0 fully saturated rings. The van der Waals surface area contributed by atoms with E-state index in [1.165, 1.54) is 5.56 Å². The second-order valence-corrected chi connectivity index (χ2v) is 5.40.